The second-order valence-corrected chi connectivity index (χ2v) is 8.73. The maximum atomic E-state index is 10.8. The Morgan fingerprint density at radius 1 is 1.03 bits per heavy atom. The molecule has 3 fully saturated rings. The number of nitrogens with zero attached hydrogens (tertiary/aromatic N) is 5. The molecule has 2 aliphatic carbocycles. The molecule has 5 rings (SSSR count). The van der Waals surface area contributed by atoms with E-state index in [2.05, 4.69) is 14.9 Å². The fourth-order valence-electron chi connectivity index (χ4n) is 5.41. The van der Waals surface area contributed by atoms with Crippen molar-refractivity contribution in [2.45, 2.75) is 88.0 Å². The minimum absolute atomic E-state index is 0.268. The highest BCUT2D eigenvalue weighted by atomic mass is 16.6. The lowest BCUT2D eigenvalue weighted by Crippen LogP contribution is -2.43. The lowest BCUT2D eigenvalue weighted by atomic mass is 10.1. The summed E-state index contributed by atoms with van der Waals surface area (Å²) in [4.78, 5) is 15.7. The number of rotatable bonds is 5. The monoisotopic (exact) mass is 418 g/mol. The van der Waals surface area contributed by atoms with Crippen LogP contribution in [0.5, 0.6) is 0 Å². The third kappa shape index (κ3) is 3.13. The normalized spacial score (nSPS) is 30.6. The van der Waals surface area contributed by atoms with E-state index in [9.17, 15) is 15.3 Å². The predicted octanol–water partition coefficient (Wildman–Crippen LogP) is 0.712. The fourth-order valence-corrected chi connectivity index (χ4v) is 5.41. The first-order valence-corrected chi connectivity index (χ1v) is 11.0. The summed E-state index contributed by atoms with van der Waals surface area (Å²) in [6.45, 7) is -0.386. The van der Waals surface area contributed by atoms with Crippen LogP contribution in [-0.4, -0.2) is 71.8 Å². The molecule has 3 aliphatic rings. The van der Waals surface area contributed by atoms with E-state index in [1.54, 1.807) is 4.57 Å². The number of ether oxygens (including phenoxy) is 1. The summed E-state index contributed by atoms with van der Waals surface area (Å²) in [5.41, 5.74) is 7.05. The molecule has 1 saturated heterocycles. The van der Waals surface area contributed by atoms with Gasteiger partial charge in [-0.3, -0.25) is 4.57 Å². The quantitative estimate of drug-likeness (QED) is 0.552. The molecule has 10 nitrogen and oxygen atoms in total. The van der Waals surface area contributed by atoms with E-state index in [1.165, 1.54) is 32.0 Å². The molecule has 2 saturated carbocycles. The van der Waals surface area contributed by atoms with Crippen molar-refractivity contribution in [2.75, 3.05) is 17.2 Å². The first kappa shape index (κ1) is 19.9. The summed E-state index contributed by atoms with van der Waals surface area (Å²) in [6.07, 6.45) is 6.27. The van der Waals surface area contributed by atoms with Gasteiger partial charge < -0.3 is 30.7 Å². The molecule has 0 aromatic carbocycles. The van der Waals surface area contributed by atoms with Crippen LogP contribution >= 0.6 is 0 Å². The molecular weight excluding hydrogens is 388 g/mol. The Balaban J connectivity index is 1.67. The Labute approximate surface area is 174 Å². The average Bonchev–Trinajstić information content (AvgIpc) is 3.53. The molecule has 5 N–H and O–H groups in total. The molecule has 30 heavy (non-hydrogen) atoms. The van der Waals surface area contributed by atoms with Gasteiger partial charge in [-0.1, -0.05) is 25.7 Å². The van der Waals surface area contributed by atoms with Gasteiger partial charge in [-0.05, 0) is 25.7 Å². The summed E-state index contributed by atoms with van der Waals surface area (Å²) in [5, 5.41) is 30.7. The van der Waals surface area contributed by atoms with Gasteiger partial charge >= 0.3 is 0 Å². The van der Waals surface area contributed by atoms with Crippen molar-refractivity contribution in [1.29, 1.82) is 0 Å². The van der Waals surface area contributed by atoms with Gasteiger partial charge in [0.2, 0.25) is 5.95 Å². The molecule has 0 spiro atoms. The molecule has 0 amide bonds. The molecule has 1 aliphatic heterocycles. The third-order valence-corrected chi connectivity index (χ3v) is 6.93. The predicted molar refractivity (Wildman–Crippen MR) is 110 cm³/mol. The number of hydrogen-bond acceptors (Lipinski definition) is 9. The van der Waals surface area contributed by atoms with Crippen LogP contribution in [-0.2, 0) is 4.74 Å². The van der Waals surface area contributed by atoms with Gasteiger partial charge in [-0.2, -0.15) is 0 Å². The molecule has 2 aromatic heterocycles. The number of nitrogens with two attached hydrogens (primary N) is 1. The van der Waals surface area contributed by atoms with Crippen LogP contribution in [0.3, 0.4) is 0 Å². The maximum Gasteiger partial charge on any atom is 0.210 e. The van der Waals surface area contributed by atoms with E-state index in [0.717, 1.165) is 25.7 Å². The minimum Gasteiger partial charge on any atom is -0.394 e. The Morgan fingerprint density at radius 3 is 2.23 bits per heavy atom. The molecule has 164 valence electrons. The Bertz CT molecular complexity index is 879. The number of hydrogen-bond donors (Lipinski definition) is 4. The van der Waals surface area contributed by atoms with Crippen LogP contribution in [0, 0.1) is 0 Å². The smallest absolute Gasteiger partial charge is 0.210 e. The van der Waals surface area contributed by atoms with Crippen LogP contribution in [0.25, 0.3) is 11.2 Å². The number of aliphatic hydroxyl groups is 3. The van der Waals surface area contributed by atoms with Gasteiger partial charge in [0, 0.05) is 12.1 Å². The Kier molecular flexibility index (Phi) is 5.26. The van der Waals surface area contributed by atoms with Gasteiger partial charge in [0.15, 0.2) is 23.2 Å². The summed E-state index contributed by atoms with van der Waals surface area (Å²) in [7, 11) is 0. The number of aliphatic hydroxyl groups excluding tert-OH is 3. The zero-order valence-electron chi connectivity index (χ0n) is 17.0. The second kappa shape index (κ2) is 7.92. The van der Waals surface area contributed by atoms with Crippen LogP contribution in [0.2, 0.25) is 0 Å². The summed E-state index contributed by atoms with van der Waals surface area (Å²) in [6, 6.07) is 0.713. The van der Waals surface area contributed by atoms with Crippen LogP contribution in [0.1, 0.15) is 57.6 Å². The van der Waals surface area contributed by atoms with E-state index in [1.807, 2.05) is 0 Å². The van der Waals surface area contributed by atoms with Crippen molar-refractivity contribution >= 4 is 22.9 Å². The number of aromatic nitrogens is 4. The number of nitrogen functional groups attached to an aromatic ring is 1. The molecule has 0 bridgehead atoms. The molecule has 3 heterocycles. The first-order chi connectivity index (χ1) is 14.6. The molecular formula is C20H30N6O4. The highest BCUT2D eigenvalue weighted by Crippen LogP contribution is 2.41. The summed E-state index contributed by atoms with van der Waals surface area (Å²) < 4.78 is 7.65. The van der Waals surface area contributed by atoms with Crippen molar-refractivity contribution < 1.29 is 20.1 Å². The van der Waals surface area contributed by atoms with E-state index in [4.69, 9.17) is 15.5 Å². The van der Waals surface area contributed by atoms with Crippen molar-refractivity contribution in [2.24, 2.45) is 0 Å². The third-order valence-electron chi connectivity index (χ3n) is 6.93. The lowest BCUT2D eigenvalue weighted by molar-refractivity contribution is -0.0506. The van der Waals surface area contributed by atoms with Crippen molar-refractivity contribution in [1.82, 2.24) is 19.5 Å². The minimum atomic E-state index is -1.22. The number of anilines is 2. The highest BCUT2D eigenvalue weighted by molar-refractivity contribution is 5.84. The number of imidazole rings is 1. The van der Waals surface area contributed by atoms with Crippen LogP contribution in [0.15, 0.2) is 6.33 Å². The first-order valence-electron chi connectivity index (χ1n) is 11.0. The van der Waals surface area contributed by atoms with Gasteiger partial charge in [-0.25, -0.2) is 15.0 Å². The maximum absolute atomic E-state index is 10.8. The van der Waals surface area contributed by atoms with Gasteiger partial charge in [-0.15, -0.1) is 0 Å². The largest absolute Gasteiger partial charge is 0.394 e. The average molecular weight is 418 g/mol. The van der Waals surface area contributed by atoms with Gasteiger partial charge in [0.05, 0.1) is 6.61 Å². The van der Waals surface area contributed by atoms with E-state index in [0.29, 0.717) is 29.2 Å². The Morgan fingerprint density at radius 2 is 1.67 bits per heavy atom. The van der Waals surface area contributed by atoms with E-state index >= 15 is 0 Å². The zero-order chi connectivity index (χ0) is 20.8. The molecule has 0 unspecified atom stereocenters. The fraction of sp³-hybridized carbons (Fsp3) is 0.750. The zero-order valence-corrected chi connectivity index (χ0v) is 17.0. The SMILES string of the molecule is Nc1ncnc2c1nc(N(C1CCCC1)C1CCCC1)n2[C@@H]1O[C@H](CO)[C@@H](O)[C@H]1O. The lowest BCUT2D eigenvalue weighted by Gasteiger charge is -2.36. The molecule has 0 radical (unpaired) electrons. The van der Waals surface area contributed by atoms with Crippen LogP contribution < -0.4 is 10.6 Å². The second-order valence-electron chi connectivity index (χ2n) is 8.73. The summed E-state index contributed by atoms with van der Waals surface area (Å²) >= 11 is 0. The molecule has 4 atom stereocenters. The summed E-state index contributed by atoms with van der Waals surface area (Å²) in [5.74, 6) is 0.926. The number of fused-ring (bicyclic) bond motifs is 1. The van der Waals surface area contributed by atoms with Crippen LogP contribution in [0.4, 0.5) is 11.8 Å². The Hall–Kier alpha value is -2.01. The molecule has 10 heteroatoms. The van der Waals surface area contributed by atoms with E-state index in [-0.39, 0.29) is 12.4 Å². The van der Waals surface area contributed by atoms with Gasteiger partial charge in [0.1, 0.15) is 24.6 Å². The molecule has 2 aromatic rings. The topological polar surface area (TPSA) is 143 Å². The highest BCUT2D eigenvalue weighted by Gasteiger charge is 2.46. The van der Waals surface area contributed by atoms with Gasteiger partial charge in [0.25, 0.3) is 0 Å². The standard InChI is InChI=1S/C20H30N6O4/c21-17-14-18(23-10-22-17)26(19-16(29)15(28)13(9-27)30-19)20(24-14)25(11-5-1-2-6-11)12-7-3-4-8-12/h10-13,15-16,19,27-29H,1-9H2,(H2,21,22,23)/t13-,15-,16-,19-/m1/s1. The van der Waals surface area contributed by atoms with Crippen molar-refractivity contribution in [3.63, 3.8) is 0 Å². The van der Waals surface area contributed by atoms with E-state index < -0.39 is 24.5 Å². The van der Waals surface area contributed by atoms with Crippen molar-refractivity contribution in [3.05, 3.63) is 6.33 Å². The van der Waals surface area contributed by atoms with Crippen molar-refractivity contribution in [3.8, 4) is 0 Å².